The van der Waals surface area contributed by atoms with E-state index in [9.17, 15) is 4.79 Å². The summed E-state index contributed by atoms with van der Waals surface area (Å²) in [6.07, 6.45) is 9.61. The van der Waals surface area contributed by atoms with Crippen LogP contribution >= 0.6 is 0 Å². The molecule has 0 saturated heterocycles. The van der Waals surface area contributed by atoms with Crippen LogP contribution in [0.4, 0.5) is 0 Å². The molecule has 0 spiro atoms. The van der Waals surface area contributed by atoms with Gasteiger partial charge in [-0.1, -0.05) is 0 Å². The maximum atomic E-state index is 11.8. The second-order valence-electron chi connectivity index (χ2n) is 3.78. The van der Waals surface area contributed by atoms with E-state index in [1.54, 1.807) is 6.08 Å². The van der Waals surface area contributed by atoms with Crippen LogP contribution in [0.3, 0.4) is 0 Å². The molecule has 0 heterocycles. The minimum atomic E-state index is -0.103. The number of carbonyl (C=O) groups is 1. The van der Waals surface area contributed by atoms with Crippen molar-refractivity contribution in [1.82, 2.24) is 0 Å². The summed E-state index contributed by atoms with van der Waals surface area (Å²) < 4.78 is 1.35. The monoisotopic (exact) mass is 292 g/mol. The van der Waals surface area contributed by atoms with Gasteiger partial charge in [0.05, 0.1) is 0 Å². The fourth-order valence-electron chi connectivity index (χ4n) is 1.38. The van der Waals surface area contributed by atoms with Gasteiger partial charge >= 0.3 is 109 Å². The van der Waals surface area contributed by atoms with Gasteiger partial charge in [0.2, 0.25) is 0 Å². The zero-order chi connectivity index (χ0) is 12.5. The molecule has 88 valence electrons. The molecule has 1 aromatic rings. The van der Waals surface area contributed by atoms with Crippen molar-refractivity contribution in [3.63, 3.8) is 0 Å². The Morgan fingerprint density at radius 3 is 2.76 bits per heavy atom. The summed E-state index contributed by atoms with van der Waals surface area (Å²) in [4.78, 5) is 11.8. The van der Waals surface area contributed by atoms with E-state index >= 15 is 0 Å². The Labute approximate surface area is 109 Å². The van der Waals surface area contributed by atoms with Crippen LogP contribution in [0, 0.1) is 12.3 Å². The quantitative estimate of drug-likeness (QED) is 0.340. The third kappa shape index (κ3) is 6.12. The Bertz CT molecular complexity index is 426. The SMILES string of the molecule is C#CCCC/C(C)=C\C(=O)[Se]c1ccccc1. The maximum absolute atomic E-state index is 11.8. The van der Waals surface area contributed by atoms with Gasteiger partial charge in [0.25, 0.3) is 0 Å². The van der Waals surface area contributed by atoms with Gasteiger partial charge in [-0.3, -0.25) is 0 Å². The van der Waals surface area contributed by atoms with Crippen LogP contribution in [0.15, 0.2) is 42.0 Å². The molecule has 0 aliphatic heterocycles. The first kappa shape index (κ1) is 13.8. The number of rotatable bonds is 6. The third-order valence-corrected chi connectivity index (χ3v) is 3.95. The number of carbonyl (C=O) groups excluding carboxylic acids is 1. The number of terminal acetylenes is 1. The fourth-order valence-corrected chi connectivity index (χ4v) is 3.03. The van der Waals surface area contributed by atoms with Crippen molar-refractivity contribution in [3.05, 3.63) is 42.0 Å². The average Bonchev–Trinajstić information content (AvgIpc) is 2.30. The van der Waals surface area contributed by atoms with Gasteiger partial charge in [-0.05, 0) is 0 Å². The van der Waals surface area contributed by atoms with Crippen LogP contribution in [0.25, 0.3) is 0 Å². The normalized spacial score (nSPS) is 10.9. The van der Waals surface area contributed by atoms with Crippen LogP contribution in [-0.4, -0.2) is 19.6 Å². The van der Waals surface area contributed by atoms with Crippen molar-refractivity contribution in [2.24, 2.45) is 0 Å². The van der Waals surface area contributed by atoms with E-state index in [1.165, 1.54) is 0 Å². The predicted octanol–water partition coefficient (Wildman–Crippen LogP) is 2.29. The summed E-state index contributed by atoms with van der Waals surface area (Å²) in [5.74, 6) is 2.61. The van der Waals surface area contributed by atoms with Gasteiger partial charge in [0, 0.05) is 0 Å². The van der Waals surface area contributed by atoms with Gasteiger partial charge in [-0.25, -0.2) is 0 Å². The van der Waals surface area contributed by atoms with Gasteiger partial charge in [0.1, 0.15) is 0 Å². The van der Waals surface area contributed by atoms with Crippen molar-refractivity contribution in [2.45, 2.75) is 26.2 Å². The zero-order valence-electron chi connectivity index (χ0n) is 9.98. The molecule has 0 aliphatic carbocycles. The number of hydrogen-bond acceptors (Lipinski definition) is 1. The van der Waals surface area contributed by atoms with Crippen LogP contribution in [0.5, 0.6) is 0 Å². The summed E-state index contributed by atoms with van der Waals surface area (Å²) >= 11 is -0.103. The van der Waals surface area contributed by atoms with Crippen molar-refractivity contribution in [1.29, 1.82) is 0 Å². The Kier molecular flexibility index (Phi) is 6.40. The molecular formula is C15H16OSe. The van der Waals surface area contributed by atoms with Gasteiger partial charge in [0.15, 0.2) is 0 Å². The first-order valence-corrected chi connectivity index (χ1v) is 7.31. The topological polar surface area (TPSA) is 17.1 Å². The molecule has 0 saturated carbocycles. The van der Waals surface area contributed by atoms with E-state index in [1.807, 2.05) is 37.3 Å². The molecule has 0 unspecified atom stereocenters. The first-order valence-electron chi connectivity index (χ1n) is 5.60. The molecule has 0 amide bonds. The Hall–Kier alpha value is -1.29. The molecule has 0 fully saturated rings. The molecule has 2 heteroatoms. The Morgan fingerprint density at radius 1 is 1.41 bits per heavy atom. The summed E-state index contributed by atoms with van der Waals surface area (Å²) in [7, 11) is 0. The van der Waals surface area contributed by atoms with Crippen LogP contribution in [0.2, 0.25) is 0 Å². The molecule has 0 radical (unpaired) electrons. The Balaban J connectivity index is 2.43. The van der Waals surface area contributed by atoms with E-state index < -0.39 is 0 Å². The van der Waals surface area contributed by atoms with E-state index in [2.05, 4.69) is 5.92 Å². The standard InChI is InChI=1S/C15H16OSe/c1-3-4-6-9-13(2)12-15(16)17-14-10-7-5-8-11-14/h1,5,7-8,10-12H,4,6,9H2,2H3/b13-12-. The van der Waals surface area contributed by atoms with Gasteiger partial charge in [-0.2, -0.15) is 0 Å². The van der Waals surface area contributed by atoms with E-state index in [0.29, 0.717) is 0 Å². The molecular weight excluding hydrogens is 275 g/mol. The molecule has 0 aliphatic rings. The third-order valence-electron chi connectivity index (χ3n) is 2.22. The molecule has 0 aromatic heterocycles. The summed E-state index contributed by atoms with van der Waals surface area (Å²) in [5.41, 5.74) is 1.13. The second kappa shape index (κ2) is 7.90. The van der Waals surface area contributed by atoms with E-state index in [-0.39, 0.29) is 19.6 Å². The molecule has 1 nitrogen and oxygen atoms in total. The molecule has 0 atom stereocenters. The molecule has 0 bridgehead atoms. The summed E-state index contributed by atoms with van der Waals surface area (Å²) in [6, 6.07) is 9.89. The molecule has 1 rings (SSSR count). The minimum absolute atomic E-state index is 0.103. The molecule has 17 heavy (non-hydrogen) atoms. The zero-order valence-corrected chi connectivity index (χ0v) is 11.7. The molecule has 1 aromatic carbocycles. The summed E-state index contributed by atoms with van der Waals surface area (Å²) in [5, 5.41) is 0. The van der Waals surface area contributed by atoms with Crippen molar-refractivity contribution < 1.29 is 4.79 Å². The van der Waals surface area contributed by atoms with Crippen LogP contribution < -0.4 is 4.46 Å². The average molecular weight is 291 g/mol. The Morgan fingerprint density at radius 2 is 2.12 bits per heavy atom. The number of hydrogen-bond donors (Lipinski definition) is 0. The van der Waals surface area contributed by atoms with Crippen LogP contribution in [-0.2, 0) is 4.79 Å². The molecule has 0 N–H and O–H groups in total. The van der Waals surface area contributed by atoms with Crippen molar-refractivity contribution >= 4 is 24.1 Å². The van der Waals surface area contributed by atoms with Crippen molar-refractivity contribution in [3.8, 4) is 12.3 Å². The summed E-state index contributed by atoms with van der Waals surface area (Å²) in [6.45, 7) is 2.00. The van der Waals surface area contributed by atoms with E-state index in [4.69, 9.17) is 6.42 Å². The van der Waals surface area contributed by atoms with Crippen molar-refractivity contribution in [2.75, 3.05) is 0 Å². The van der Waals surface area contributed by atoms with E-state index in [0.717, 1.165) is 29.3 Å². The first-order chi connectivity index (χ1) is 8.22. The fraction of sp³-hybridized carbons (Fsp3) is 0.267. The number of benzene rings is 1. The number of allylic oxidation sites excluding steroid dienone is 2. The van der Waals surface area contributed by atoms with Gasteiger partial charge < -0.3 is 0 Å². The number of unbranched alkanes of at least 4 members (excludes halogenated alkanes) is 1. The predicted molar refractivity (Wildman–Crippen MR) is 73.3 cm³/mol. The van der Waals surface area contributed by atoms with Gasteiger partial charge in [-0.15, -0.1) is 0 Å². The second-order valence-corrected chi connectivity index (χ2v) is 6.04. The van der Waals surface area contributed by atoms with Crippen LogP contribution in [0.1, 0.15) is 26.2 Å².